The summed E-state index contributed by atoms with van der Waals surface area (Å²) in [6.07, 6.45) is 2.38. The van der Waals surface area contributed by atoms with Crippen LogP contribution >= 0.6 is 0 Å². The fourth-order valence-electron chi connectivity index (χ4n) is 2.46. The highest BCUT2D eigenvalue weighted by Crippen LogP contribution is 2.18. The molecule has 0 bridgehead atoms. The van der Waals surface area contributed by atoms with Gasteiger partial charge in [-0.15, -0.1) is 0 Å². The summed E-state index contributed by atoms with van der Waals surface area (Å²) in [5.41, 5.74) is 5.67. The van der Waals surface area contributed by atoms with Gasteiger partial charge in [-0.25, -0.2) is 0 Å². The molecule has 17 heavy (non-hydrogen) atoms. The second-order valence-electron chi connectivity index (χ2n) is 4.74. The van der Waals surface area contributed by atoms with Crippen LogP contribution in [0.3, 0.4) is 0 Å². The third-order valence-electron chi connectivity index (χ3n) is 3.30. The third-order valence-corrected chi connectivity index (χ3v) is 3.30. The van der Waals surface area contributed by atoms with Crippen LogP contribution in [0.2, 0.25) is 0 Å². The molecule has 0 fully saturated rings. The van der Waals surface area contributed by atoms with Gasteiger partial charge >= 0.3 is 0 Å². The van der Waals surface area contributed by atoms with E-state index < -0.39 is 0 Å². The van der Waals surface area contributed by atoms with Crippen molar-refractivity contribution < 1.29 is 0 Å². The molecule has 2 aromatic rings. The zero-order valence-electron chi connectivity index (χ0n) is 11.0. The molecule has 1 heterocycles. The molecule has 0 amide bonds. The molecular weight excluding hydrogens is 206 g/mol. The van der Waals surface area contributed by atoms with E-state index in [9.17, 15) is 0 Å². The topological polar surface area (TPSA) is 4.93 Å². The van der Waals surface area contributed by atoms with Crippen molar-refractivity contribution in [1.82, 2.24) is 4.57 Å². The molecule has 0 N–H and O–H groups in total. The fourth-order valence-corrected chi connectivity index (χ4v) is 2.46. The summed E-state index contributed by atoms with van der Waals surface area (Å²) in [7, 11) is 0. The molecule has 0 spiro atoms. The van der Waals surface area contributed by atoms with Crippen molar-refractivity contribution in [2.75, 3.05) is 0 Å². The Morgan fingerprint density at radius 2 is 1.76 bits per heavy atom. The largest absolute Gasteiger partial charge is 0.344 e. The molecule has 0 radical (unpaired) electrons. The molecule has 1 nitrogen and oxygen atoms in total. The molecule has 1 aromatic carbocycles. The predicted molar refractivity (Wildman–Crippen MR) is 73.4 cm³/mol. The Labute approximate surface area is 104 Å². The molecular formula is C16H21N. The van der Waals surface area contributed by atoms with Gasteiger partial charge in [0.2, 0.25) is 0 Å². The summed E-state index contributed by atoms with van der Waals surface area (Å²) in [6.45, 7) is 7.67. The molecule has 1 aromatic heterocycles. The van der Waals surface area contributed by atoms with Crippen molar-refractivity contribution in [2.45, 2.75) is 40.2 Å². The lowest BCUT2D eigenvalue weighted by atomic mass is 10.1. The third kappa shape index (κ3) is 2.60. The van der Waals surface area contributed by atoms with E-state index in [0.717, 1.165) is 6.54 Å². The highest BCUT2D eigenvalue weighted by atomic mass is 15.0. The maximum atomic E-state index is 2.45. The molecule has 0 saturated heterocycles. The van der Waals surface area contributed by atoms with Gasteiger partial charge in [0.25, 0.3) is 0 Å². The Bertz CT molecular complexity index is 480. The van der Waals surface area contributed by atoms with Crippen molar-refractivity contribution in [3.05, 3.63) is 58.9 Å². The maximum absolute atomic E-state index is 2.45. The van der Waals surface area contributed by atoms with Crippen molar-refractivity contribution in [2.24, 2.45) is 0 Å². The van der Waals surface area contributed by atoms with E-state index in [-0.39, 0.29) is 0 Å². The van der Waals surface area contributed by atoms with Gasteiger partial charge in [-0.05, 0) is 37.5 Å². The smallest absolute Gasteiger partial charge is 0.0475 e. The van der Waals surface area contributed by atoms with E-state index in [1.54, 1.807) is 0 Å². The molecule has 0 unspecified atom stereocenters. The highest BCUT2D eigenvalue weighted by molar-refractivity contribution is 5.28. The average Bonchev–Trinajstić information content (AvgIpc) is 2.58. The number of rotatable bonds is 4. The van der Waals surface area contributed by atoms with Crippen LogP contribution in [0.25, 0.3) is 0 Å². The van der Waals surface area contributed by atoms with E-state index in [0.29, 0.717) is 0 Å². The zero-order valence-corrected chi connectivity index (χ0v) is 11.0. The molecule has 0 aliphatic heterocycles. The lowest BCUT2D eigenvalue weighted by Gasteiger charge is -2.12. The molecule has 2 rings (SSSR count). The second-order valence-corrected chi connectivity index (χ2v) is 4.74. The maximum Gasteiger partial charge on any atom is 0.0475 e. The molecule has 0 atom stereocenters. The molecule has 0 aliphatic rings. The summed E-state index contributed by atoms with van der Waals surface area (Å²) in [5.74, 6) is 0. The first-order valence-electron chi connectivity index (χ1n) is 6.42. The van der Waals surface area contributed by atoms with Gasteiger partial charge in [0.05, 0.1) is 0 Å². The summed E-state index contributed by atoms with van der Waals surface area (Å²) in [4.78, 5) is 0. The Morgan fingerprint density at radius 3 is 2.41 bits per heavy atom. The highest BCUT2D eigenvalue weighted by Gasteiger charge is 2.08. The van der Waals surface area contributed by atoms with Gasteiger partial charge in [-0.1, -0.05) is 43.7 Å². The Hall–Kier alpha value is -1.50. The van der Waals surface area contributed by atoms with Crippen molar-refractivity contribution >= 4 is 0 Å². The number of aromatic nitrogens is 1. The fraction of sp³-hybridized carbons (Fsp3) is 0.375. The quantitative estimate of drug-likeness (QED) is 0.741. The molecule has 0 saturated carbocycles. The second kappa shape index (κ2) is 5.22. The number of aryl methyl sites for hydroxylation is 2. The average molecular weight is 227 g/mol. The number of nitrogens with zero attached hydrogens (tertiary/aromatic N) is 1. The lowest BCUT2D eigenvalue weighted by molar-refractivity contribution is 0.703. The summed E-state index contributed by atoms with van der Waals surface area (Å²) < 4.78 is 2.45. The van der Waals surface area contributed by atoms with Crippen molar-refractivity contribution in [3.63, 3.8) is 0 Å². The molecule has 0 aliphatic carbocycles. The predicted octanol–water partition coefficient (Wildman–Crippen LogP) is 4.11. The molecule has 1 heteroatoms. The van der Waals surface area contributed by atoms with Crippen molar-refractivity contribution in [1.29, 1.82) is 0 Å². The summed E-state index contributed by atoms with van der Waals surface area (Å²) in [6, 6.07) is 13.0. The summed E-state index contributed by atoms with van der Waals surface area (Å²) in [5, 5.41) is 0. The Balaban J connectivity index is 2.31. The van der Waals surface area contributed by atoms with Crippen LogP contribution in [0.5, 0.6) is 0 Å². The Morgan fingerprint density at radius 1 is 1.06 bits per heavy atom. The minimum atomic E-state index is 0.996. The van der Waals surface area contributed by atoms with Crippen LogP contribution in [-0.4, -0.2) is 4.57 Å². The van der Waals surface area contributed by atoms with Crippen LogP contribution in [0.15, 0.2) is 36.4 Å². The normalized spacial score (nSPS) is 10.8. The standard InChI is InChI=1S/C16H21N/c1-4-8-16-13(2)11-14(3)17(16)12-15-9-6-5-7-10-15/h5-7,9-11H,4,8,12H2,1-3H3. The van der Waals surface area contributed by atoms with E-state index in [1.165, 1.54) is 35.4 Å². The van der Waals surface area contributed by atoms with Crippen LogP contribution in [0, 0.1) is 13.8 Å². The van der Waals surface area contributed by atoms with E-state index in [1.807, 2.05) is 0 Å². The van der Waals surface area contributed by atoms with Gasteiger partial charge in [0.1, 0.15) is 0 Å². The minimum absolute atomic E-state index is 0.996. The van der Waals surface area contributed by atoms with E-state index in [2.05, 4.69) is 61.7 Å². The minimum Gasteiger partial charge on any atom is -0.344 e. The van der Waals surface area contributed by atoms with E-state index in [4.69, 9.17) is 0 Å². The van der Waals surface area contributed by atoms with Gasteiger partial charge in [0.15, 0.2) is 0 Å². The zero-order chi connectivity index (χ0) is 12.3. The first-order chi connectivity index (χ1) is 8.22. The van der Waals surface area contributed by atoms with Gasteiger partial charge in [-0.2, -0.15) is 0 Å². The first kappa shape index (κ1) is 12.0. The van der Waals surface area contributed by atoms with Crippen LogP contribution in [0.1, 0.15) is 35.9 Å². The SMILES string of the molecule is CCCc1c(C)cc(C)n1Cc1ccccc1. The van der Waals surface area contributed by atoms with Crippen LogP contribution < -0.4 is 0 Å². The van der Waals surface area contributed by atoms with Gasteiger partial charge in [0, 0.05) is 17.9 Å². The van der Waals surface area contributed by atoms with E-state index >= 15 is 0 Å². The van der Waals surface area contributed by atoms with Gasteiger partial charge in [-0.3, -0.25) is 0 Å². The van der Waals surface area contributed by atoms with Crippen LogP contribution in [-0.2, 0) is 13.0 Å². The monoisotopic (exact) mass is 227 g/mol. The number of hydrogen-bond donors (Lipinski definition) is 0. The van der Waals surface area contributed by atoms with Crippen LogP contribution in [0.4, 0.5) is 0 Å². The molecule has 90 valence electrons. The Kier molecular flexibility index (Phi) is 3.68. The first-order valence-corrected chi connectivity index (χ1v) is 6.42. The van der Waals surface area contributed by atoms with Crippen molar-refractivity contribution in [3.8, 4) is 0 Å². The summed E-state index contributed by atoms with van der Waals surface area (Å²) >= 11 is 0. The number of benzene rings is 1. The lowest BCUT2D eigenvalue weighted by Crippen LogP contribution is -2.06. The van der Waals surface area contributed by atoms with Gasteiger partial charge < -0.3 is 4.57 Å². The number of hydrogen-bond acceptors (Lipinski definition) is 0.